The monoisotopic (exact) mass is 373 g/mol. The van der Waals surface area contributed by atoms with Crippen LogP contribution < -0.4 is 16.4 Å². The van der Waals surface area contributed by atoms with Crippen LogP contribution in [0.1, 0.15) is 24.1 Å². The molecule has 1 atom stereocenters. The Hall–Kier alpha value is -3.32. The molecule has 28 heavy (non-hydrogen) atoms. The van der Waals surface area contributed by atoms with Gasteiger partial charge >= 0.3 is 0 Å². The lowest BCUT2D eigenvalue weighted by atomic mass is 10.0. The van der Waals surface area contributed by atoms with E-state index in [0.29, 0.717) is 16.9 Å². The second-order valence-corrected chi connectivity index (χ2v) is 7.00. The summed E-state index contributed by atoms with van der Waals surface area (Å²) in [6.45, 7) is 1.71. The van der Waals surface area contributed by atoms with Gasteiger partial charge in [0, 0.05) is 42.7 Å². The van der Waals surface area contributed by atoms with Gasteiger partial charge in [-0.15, -0.1) is 0 Å². The largest absolute Gasteiger partial charge is 0.397 e. The van der Waals surface area contributed by atoms with Crippen molar-refractivity contribution in [2.75, 3.05) is 23.7 Å². The number of pyridine rings is 3. The van der Waals surface area contributed by atoms with Crippen molar-refractivity contribution in [1.29, 1.82) is 5.41 Å². The Morgan fingerprint density at radius 3 is 2.86 bits per heavy atom. The highest BCUT2D eigenvalue weighted by Crippen LogP contribution is 2.24. The van der Waals surface area contributed by atoms with Crippen LogP contribution in [-0.2, 0) is 0 Å². The molecule has 3 aromatic rings. The van der Waals surface area contributed by atoms with Crippen molar-refractivity contribution in [3.8, 4) is 11.3 Å². The summed E-state index contributed by atoms with van der Waals surface area (Å²) in [5, 5.41) is 8.69. The van der Waals surface area contributed by atoms with E-state index in [1.807, 2.05) is 36.4 Å². The van der Waals surface area contributed by atoms with Gasteiger partial charge in [0.05, 0.1) is 29.0 Å². The summed E-state index contributed by atoms with van der Waals surface area (Å²) in [5.74, 6) is 0.845. The van der Waals surface area contributed by atoms with Gasteiger partial charge in [0.1, 0.15) is 5.82 Å². The van der Waals surface area contributed by atoms with Crippen molar-refractivity contribution in [1.82, 2.24) is 15.0 Å². The molecule has 1 saturated heterocycles. The van der Waals surface area contributed by atoms with Crippen molar-refractivity contribution in [2.24, 2.45) is 5.73 Å². The summed E-state index contributed by atoms with van der Waals surface area (Å²) < 4.78 is 0. The summed E-state index contributed by atoms with van der Waals surface area (Å²) in [7, 11) is 0. The third-order valence-electron chi connectivity index (χ3n) is 4.93. The number of aromatic nitrogens is 3. The number of nitrogen functional groups attached to an aromatic ring is 1. The first-order chi connectivity index (χ1) is 13.6. The number of nitrogens with one attached hydrogen (secondary N) is 1. The number of hydrogen-bond donors (Lipinski definition) is 3. The summed E-state index contributed by atoms with van der Waals surface area (Å²) in [5.41, 5.74) is 15.7. The molecule has 3 aromatic heterocycles. The van der Waals surface area contributed by atoms with Gasteiger partial charge in [-0.1, -0.05) is 6.07 Å². The van der Waals surface area contributed by atoms with Crippen LogP contribution in [0.25, 0.3) is 11.3 Å². The molecule has 0 spiro atoms. The number of anilines is 2. The minimum absolute atomic E-state index is 0.163. The van der Waals surface area contributed by atoms with E-state index in [1.54, 1.807) is 18.6 Å². The zero-order chi connectivity index (χ0) is 19.5. The van der Waals surface area contributed by atoms with Gasteiger partial charge in [-0.2, -0.15) is 0 Å². The van der Waals surface area contributed by atoms with Gasteiger partial charge in [0.2, 0.25) is 0 Å². The predicted octanol–water partition coefficient (Wildman–Crippen LogP) is 2.46. The van der Waals surface area contributed by atoms with Crippen LogP contribution in [0.2, 0.25) is 0 Å². The zero-order valence-corrected chi connectivity index (χ0v) is 15.5. The minimum Gasteiger partial charge on any atom is -0.397 e. The van der Waals surface area contributed by atoms with Crippen molar-refractivity contribution in [3.05, 3.63) is 66.2 Å². The fraction of sp³-hybridized carbons (Fsp3) is 0.238. The summed E-state index contributed by atoms with van der Waals surface area (Å²) in [4.78, 5) is 15.4. The van der Waals surface area contributed by atoms with Crippen molar-refractivity contribution >= 4 is 17.2 Å². The second-order valence-electron chi connectivity index (χ2n) is 7.00. The average Bonchev–Trinajstić information content (AvgIpc) is 2.74. The molecule has 0 bridgehead atoms. The topological polar surface area (TPSA) is 118 Å². The Kier molecular flexibility index (Phi) is 4.99. The molecule has 4 rings (SSSR count). The smallest absolute Gasteiger partial charge is 0.129 e. The molecule has 7 nitrogen and oxygen atoms in total. The molecule has 7 heteroatoms. The van der Waals surface area contributed by atoms with Crippen LogP contribution in [0.3, 0.4) is 0 Å². The highest BCUT2D eigenvalue weighted by Gasteiger charge is 2.19. The maximum atomic E-state index is 8.69. The van der Waals surface area contributed by atoms with E-state index >= 15 is 0 Å². The predicted molar refractivity (Wildman–Crippen MR) is 111 cm³/mol. The van der Waals surface area contributed by atoms with Crippen molar-refractivity contribution in [3.63, 3.8) is 0 Å². The molecule has 0 unspecified atom stereocenters. The van der Waals surface area contributed by atoms with Crippen LogP contribution in [0.15, 0.2) is 55.0 Å². The molecule has 0 radical (unpaired) electrons. The Labute approximate surface area is 164 Å². The molecule has 1 fully saturated rings. The van der Waals surface area contributed by atoms with Crippen LogP contribution >= 0.6 is 0 Å². The van der Waals surface area contributed by atoms with Crippen molar-refractivity contribution < 1.29 is 0 Å². The third kappa shape index (κ3) is 3.70. The SMILES string of the molecule is N=C(c1cccc(N2CCC[C@H](N)C2)n1)c1cc(-c2cccnc2)ncc1N. The average molecular weight is 373 g/mol. The molecular formula is C21H23N7. The van der Waals surface area contributed by atoms with Crippen molar-refractivity contribution in [2.45, 2.75) is 18.9 Å². The zero-order valence-electron chi connectivity index (χ0n) is 15.5. The fourth-order valence-corrected chi connectivity index (χ4v) is 3.45. The molecule has 1 aliphatic rings. The molecule has 0 saturated carbocycles. The molecule has 4 heterocycles. The minimum atomic E-state index is 0.163. The van der Waals surface area contributed by atoms with E-state index in [4.69, 9.17) is 21.9 Å². The molecule has 5 N–H and O–H groups in total. The van der Waals surface area contributed by atoms with Gasteiger partial charge in [0.25, 0.3) is 0 Å². The lowest BCUT2D eigenvalue weighted by Crippen LogP contribution is -2.43. The standard InChI is InChI=1S/C21H23N7/c22-15-5-3-9-28(13-15)20-7-1-6-18(27-20)21(24)16-10-19(26-12-17(16)23)14-4-2-8-25-11-14/h1-2,4,6-8,10-12,15,24H,3,5,9,13,22-23H2/t15-/m0/s1. The number of nitrogens with two attached hydrogens (primary N) is 2. The first-order valence-corrected chi connectivity index (χ1v) is 9.34. The lowest BCUT2D eigenvalue weighted by molar-refractivity contribution is 0.503. The van der Waals surface area contributed by atoms with E-state index in [0.717, 1.165) is 43.0 Å². The maximum absolute atomic E-state index is 8.69. The van der Waals surface area contributed by atoms with Gasteiger partial charge in [-0.05, 0) is 43.2 Å². The maximum Gasteiger partial charge on any atom is 0.129 e. The van der Waals surface area contributed by atoms with E-state index in [-0.39, 0.29) is 11.8 Å². The fourth-order valence-electron chi connectivity index (χ4n) is 3.45. The van der Waals surface area contributed by atoms with E-state index < -0.39 is 0 Å². The molecule has 0 aliphatic carbocycles. The van der Waals surface area contributed by atoms with Gasteiger partial charge < -0.3 is 16.4 Å². The van der Waals surface area contributed by atoms with E-state index in [2.05, 4.69) is 14.9 Å². The van der Waals surface area contributed by atoms with Crippen LogP contribution in [0.5, 0.6) is 0 Å². The quantitative estimate of drug-likeness (QED) is 0.605. The molecule has 0 amide bonds. The van der Waals surface area contributed by atoms with E-state index in [9.17, 15) is 0 Å². The second kappa shape index (κ2) is 7.74. The first-order valence-electron chi connectivity index (χ1n) is 9.34. The van der Waals surface area contributed by atoms with Crippen LogP contribution in [-0.4, -0.2) is 39.8 Å². The lowest BCUT2D eigenvalue weighted by Gasteiger charge is -2.31. The Balaban J connectivity index is 1.65. The summed E-state index contributed by atoms with van der Waals surface area (Å²) in [6, 6.07) is 11.5. The highest BCUT2D eigenvalue weighted by atomic mass is 15.2. The van der Waals surface area contributed by atoms with Crippen LogP contribution in [0.4, 0.5) is 11.5 Å². The van der Waals surface area contributed by atoms with Gasteiger partial charge in [0.15, 0.2) is 0 Å². The Morgan fingerprint density at radius 2 is 2.07 bits per heavy atom. The van der Waals surface area contributed by atoms with E-state index in [1.165, 1.54) is 0 Å². The number of rotatable bonds is 4. The Morgan fingerprint density at radius 1 is 1.18 bits per heavy atom. The normalized spacial score (nSPS) is 16.8. The number of hydrogen-bond acceptors (Lipinski definition) is 7. The Bertz CT molecular complexity index is 987. The molecular weight excluding hydrogens is 350 g/mol. The summed E-state index contributed by atoms with van der Waals surface area (Å²) >= 11 is 0. The van der Waals surface area contributed by atoms with Crippen LogP contribution in [0, 0.1) is 5.41 Å². The molecule has 142 valence electrons. The highest BCUT2D eigenvalue weighted by molar-refractivity contribution is 6.13. The molecule has 0 aromatic carbocycles. The van der Waals surface area contributed by atoms with Gasteiger partial charge in [-0.3, -0.25) is 15.4 Å². The molecule has 1 aliphatic heterocycles. The summed E-state index contributed by atoms with van der Waals surface area (Å²) in [6.07, 6.45) is 7.13. The number of nitrogens with zero attached hydrogens (tertiary/aromatic N) is 4. The van der Waals surface area contributed by atoms with Gasteiger partial charge in [-0.25, -0.2) is 4.98 Å². The number of piperidine rings is 1. The third-order valence-corrected chi connectivity index (χ3v) is 4.93. The first kappa shape index (κ1) is 18.1.